The van der Waals surface area contributed by atoms with Crippen LogP contribution >= 0.6 is 31.9 Å². The van der Waals surface area contributed by atoms with Gasteiger partial charge in [-0.05, 0) is 50.4 Å². The lowest BCUT2D eigenvalue weighted by atomic mass is 10.2. The van der Waals surface area contributed by atoms with Crippen LogP contribution in [-0.2, 0) is 11.3 Å². The fourth-order valence-electron chi connectivity index (χ4n) is 0.971. The monoisotopic (exact) mass is 324 g/mol. The Hall–Kier alpha value is -0.260. The van der Waals surface area contributed by atoms with E-state index in [2.05, 4.69) is 31.9 Å². The SMILES string of the molecule is CCOCc1cc(Br)c(O)c(O)c1Br. The molecule has 1 rings (SSSR count). The molecule has 0 bridgehead atoms. The van der Waals surface area contributed by atoms with Crippen molar-refractivity contribution >= 4 is 31.9 Å². The van der Waals surface area contributed by atoms with Crippen LogP contribution < -0.4 is 0 Å². The van der Waals surface area contributed by atoms with E-state index in [0.717, 1.165) is 5.56 Å². The van der Waals surface area contributed by atoms with Gasteiger partial charge in [-0.2, -0.15) is 0 Å². The minimum absolute atomic E-state index is 0.169. The molecule has 0 aliphatic heterocycles. The van der Waals surface area contributed by atoms with E-state index < -0.39 is 0 Å². The summed E-state index contributed by atoms with van der Waals surface area (Å²) in [5, 5.41) is 18.9. The van der Waals surface area contributed by atoms with Crippen molar-refractivity contribution in [1.82, 2.24) is 0 Å². The number of phenols is 2. The van der Waals surface area contributed by atoms with Crippen molar-refractivity contribution in [1.29, 1.82) is 0 Å². The highest BCUT2D eigenvalue weighted by atomic mass is 79.9. The van der Waals surface area contributed by atoms with Crippen LogP contribution in [-0.4, -0.2) is 16.8 Å². The first-order valence-electron chi connectivity index (χ1n) is 4.04. The average molecular weight is 326 g/mol. The van der Waals surface area contributed by atoms with E-state index in [1.165, 1.54) is 0 Å². The summed E-state index contributed by atoms with van der Waals surface area (Å²) in [4.78, 5) is 0. The second-order valence-corrected chi connectivity index (χ2v) is 4.31. The van der Waals surface area contributed by atoms with Gasteiger partial charge in [0, 0.05) is 6.61 Å². The Morgan fingerprint density at radius 1 is 1.29 bits per heavy atom. The first-order chi connectivity index (χ1) is 6.57. The first-order valence-corrected chi connectivity index (χ1v) is 5.63. The van der Waals surface area contributed by atoms with Crippen LogP contribution in [0.1, 0.15) is 12.5 Å². The fraction of sp³-hybridized carbons (Fsp3) is 0.333. The van der Waals surface area contributed by atoms with Gasteiger partial charge in [0.1, 0.15) is 0 Å². The summed E-state index contributed by atoms with van der Waals surface area (Å²) in [6, 6.07) is 1.70. The molecule has 0 aliphatic carbocycles. The van der Waals surface area contributed by atoms with E-state index >= 15 is 0 Å². The number of aromatic hydroxyl groups is 2. The van der Waals surface area contributed by atoms with Crippen LogP contribution in [0.2, 0.25) is 0 Å². The lowest BCUT2D eigenvalue weighted by molar-refractivity contribution is 0.133. The summed E-state index contributed by atoms with van der Waals surface area (Å²) < 4.78 is 6.12. The molecular formula is C9H10Br2O3. The Morgan fingerprint density at radius 3 is 2.50 bits per heavy atom. The summed E-state index contributed by atoms with van der Waals surface area (Å²) in [5.74, 6) is -0.341. The maximum absolute atomic E-state index is 9.48. The van der Waals surface area contributed by atoms with E-state index in [0.29, 0.717) is 22.2 Å². The van der Waals surface area contributed by atoms with Crippen molar-refractivity contribution in [3.8, 4) is 11.5 Å². The van der Waals surface area contributed by atoms with Crippen LogP contribution in [0.4, 0.5) is 0 Å². The molecule has 2 N–H and O–H groups in total. The molecule has 5 heteroatoms. The molecule has 0 spiro atoms. The summed E-state index contributed by atoms with van der Waals surface area (Å²) in [5.41, 5.74) is 0.786. The van der Waals surface area contributed by atoms with E-state index in [1.54, 1.807) is 6.07 Å². The second kappa shape index (κ2) is 5.00. The number of rotatable bonds is 3. The van der Waals surface area contributed by atoms with Gasteiger partial charge in [-0.15, -0.1) is 0 Å². The zero-order valence-corrected chi connectivity index (χ0v) is 10.7. The van der Waals surface area contributed by atoms with Gasteiger partial charge >= 0.3 is 0 Å². The van der Waals surface area contributed by atoms with Crippen LogP contribution in [0.3, 0.4) is 0 Å². The minimum Gasteiger partial charge on any atom is -0.503 e. The predicted molar refractivity (Wildman–Crippen MR) is 60.5 cm³/mol. The third kappa shape index (κ3) is 2.40. The van der Waals surface area contributed by atoms with Crippen molar-refractivity contribution in [2.75, 3.05) is 6.61 Å². The van der Waals surface area contributed by atoms with E-state index in [4.69, 9.17) is 4.74 Å². The molecule has 14 heavy (non-hydrogen) atoms. The van der Waals surface area contributed by atoms with E-state index in [1.807, 2.05) is 6.92 Å². The summed E-state index contributed by atoms with van der Waals surface area (Å²) in [6.45, 7) is 2.89. The number of benzene rings is 1. The van der Waals surface area contributed by atoms with Crippen molar-refractivity contribution in [2.45, 2.75) is 13.5 Å². The quantitative estimate of drug-likeness (QED) is 0.839. The van der Waals surface area contributed by atoms with Crippen LogP contribution in [0.15, 0.2) is 15.0 Å². The number of phenolic OH excluding ortho intramolecular Hbond substituents is 2. The molecule has 0 aromatic heterocycles. The molecule has 0 saturated heterocycles. The Kier molecular flexibility index (Phi) is 4.22. The minimum atomic E-state index is -0.172. The van der Waals surface area contributed by atoms with Gasteiger partial charge in [-0.1, -0.05) is 0 Å². The molecule has 0 radical (unpaired) electrons. The van der Waals surface area contributed by atoms with Gasteiger partial charge in [0.15, 0.2) is 11.5 Å². The van der Waals surface area contributed by atoms with E-state index in [9.17, 15) is 10.2 Å². The second-order valence-electron chi connectivity index (χ2n) is 2.67. The number of halogens is 2. The van der Waals surface area contributed by atoms with Gasteiger partial charge in [0.05, 0.1) is 15.6 Å². The highest BCUT2D eigenvalue weighted by molar-refractivity contribution is 9.11. The smallest absolute Gasteiger partial charge is 0.173 e. The molecule has 0 amide bonds. The lowest BCUT2D eigenvalue weighted by Crippen LogP contribution is -1.93. The molecule has 1 aromatic carbocycles. The largest absolute Gasteiger partial charge is 0.503 e. The summed E-state index contributed by atoms with van der Waals surface area (Å²) >= 11 is 6.32. The van der Waals surface area contributed by atoms with Crippen LogP contribution in [0, 0.1) is 0 Å². The first kappa shape index (κ1) is 11.8. The van der Waals surface area contributed by atoms with Crippen molar-refractivity contribution in [3.63, 3.8) is 0 Å². The molecule has 0 aliphatic rings. The van der Waals surface area contributed by atoms with Crippen molar-refractivity contribution in [3.05, 3.63) is 20.6 Å². The number of ether oxygens (including phenoxy) is 1. The molecule has 78 valence electrons. The molecule has 3 nitrogen and oxygen atoms in total. The molecular weight excluding hydrogens is 316 g/mol. The maximum Gasteiger partial charge on any atom is 0.173 e. The Bertz CT molecular complexity index is 339. The number of hydrogen-bond donors (Lipinski definition) is 2. The third-order valence-electron chi connectivity index (χ3n) is 1.70. The lowest BCUT2D eigenvalue weighted by Gasteiger charge is -2.09. The topological polar surface area (TPSA) is 49.7 Å². The Labute approximate surface area is 99.0 Å². The van der Waals surface area contributed by atoms with Gasteiger partial charge < -0.3 is 14.9 Å². The van der Waals surface area contributed by atoms with Gasteiger partial charge in [0.25, 0.3) is 0 Å². The predicted octanol–water partition coefficient (Wildman–Crippen LogP) is 3.16. The fourth-order valence-corrected chi connectivity index (χ4v) is 1.85. The summed E-state index contributed by atoms with van der Waals surface area (Å²) in [7, 11) is 0. The highest BCUT2D eigenvalue weighted by Crippen LogP contribution is 2.41. The van der Waals surface area contributed by atoms with Gasteiger partial charge in [-0.25, -0.2) is 0 Å². The third-order valence-corrected chi connectivity index (χ3v) is 3.19. The Balaban J connectivity index is 3.06. The molecule has 0 unspecified atom stereocenters. The normalized spacial score (nSPS) is 10.5. The van der Waals surface area contributed by atoms with Crippen LogP contribution in [0.25, 0.3) is 0 Å². The Morgan fingerprint density at radius 2 is 1.93 bits per heavy atom. The molecule has 1 aromatic rings. The van der Waals surface area contributed by atoms with Crippen LogP contribution in [0.5, 0.6) is 11.5 Å². The number of hydrogen-bond acceptors (Lipinski definition) is 3. The summed E-state index contributed by atoms with van der Waals surface area (Å²) in [6.07, 6.45) is 0. The molecule has 0 saturated carbocycles. The van der Waals surface area contributed by atoms with Gasteiger partial charge in [0.2, 0.25) is 0 Å². The standard InChI is InChI=1S/C9H10Br2O3/c1-2-14-4-5-3-6(10)8(12)9(13)7(5)11/h3,12-13H,2,4H2,1H3. The molecule has 0 atom stereocenters. The maximum atomic E-state index is 9.48. The average Bonchev–Trinajstić information content (AvgIpc) is 2.18. The zero-order chi connectivity index (χ0) is 10.7. The van der Waals surface area contributed by atoms with Gasteiger partial charge in [-0.3, -0.25) is 0 Å². The molecule has 0 fully saturated rings. The molecule has 0 heterocycles. The zero-order valence-electron chi connectivity index (χ0n) is 7.55. The highest BCUT2D eigenvalue weighted by Gasteiger charge is 2.13. The van der Waals surface area contributed by atoms with Crippen molar-refractivity contribution in [2.24, 2.45) is 0 Å². The van der Waals surface area contributed by atoms with E-state index in [-0.39, 0.29) is 11.5 Å². The van der Waals surface area contributed by atoms with Crippen molar-refractivity contribution < 1.29 is 14.9 Å².